The number of aromatic nitrogens is 3. The Hall–Kier alpha value is -3.66. The van der Waals surface area contributed by atoms with E-state index in [2.05, 4.69) is 20.3 Å². The fourth-order valence-electron chi connectivity index (χ4n) is 3.52. The van der Waals surface area contributed by atoms with Gasteiger partial charge in [0, 0.05) is 42.4 Å². The lowest BCUT2D eigenvalue weighted by molar-refractivity contribution is -0.384. The molecule has 0 atom stereocenters. The minimum atomic E-state index is -0.443. The highest BCUT2D eigenvalue weighted by Crippen LogP contribution is 2.19. The number of carbonyl (C=O) groups is 1. The summed E-state index contributed by atoms with van der Waals surface area (Å²) in [4.78, 5) is 29.1. The molecule has 1 aliphatic heterocycles. The molecule has 2 heterocycles. The molecule has 0 aliphatic carbocycles. The fourth-order valence-corrected chi connectivity index (χ4v) is 3.52. The highest BCUT2D eigenvalue weighted by Gasteiger charge is 2.21. The molecule has 1 N–H and O–H groups in total. The van der Waals surface area contributed by atoms with Crippen molar-refractivity contribution < 1.29 is 14.1 Å². The molecule has 1 saturated heterocycles. The van der Waals surface area contributed by atoms with Crippen LogP contribution in [-0.2, 0) is 6.67 Å². The molecular weight excluding hydrogens is 403 g/mol. The van der Waals surface area contributed by atoms with Crippen molar-refractivity contribution in [2.24, 2.45) is 0 Å². The number of halogens is 1. The lowest BCUT2D eigenvalue weighted by Crippen LogP contribution is -2.45. The van der Waals surface area contributed by atoms with Gasteiger partial charge < -0.3 is 5.32 Å². The molecule has 0 saturated carbocycles. The van der Waals surface area contributed by atoms with Crippen LogP contribution < -0.4 is 5.32 Å². The van der Waals surface area contributed by atoms with Gasteiger partial charge in [-0.3, -0.25) is 19.8 Å². The van der Waals surface area contributed by atoms with Gasteiger partial charge in [0.2, 0.25) is 0 Å². The average molecular weight is 424 g/mol. The van der Waals surface area contributed by atoms with Crippen LogP contribution in [0.25, 0.3) is 11.4 Å². The Labute approximate surface area is 177 Å². The first kappa shape index (κ1) is 20.6. The van der Waals surface area contributed by atoms with Crippen LogP contribution in [0.15, 0.2) is 54.9 Å². The Morgan fingerprint density at radius 2 is 1.81 bits per heavy atom. The number of nitrogens with one attached hydrogen (secondary N) is 1. The molecule has 1 aromatic heterocycles. The van der Waals surface area contributed by atoms with E-state index < -0.39 is 4.92 Å². The summed E-state index contributed by atoms with van der Waals surface area (Å²) in [5.41, 5.74) is 1.19. The van der Waals surface area contributed by atoms with E-state index in [1.165, 1.54) is 36.4 Å². The number of amides is 1. The second-order valence-corrected chi connectivity index (χ2v) is 7.43. The summed E-state index contributed by atoms with van der Waals surface area (Å²) < 4.78 is 14.7. The van der Waals surface area contributed by atoms with E-state index in [0.29, 0.717) is 23.6 Å². The van der Waals surface area contributed by atoms with Gasteiger partial charge in [0.25, 0.3) is 11.6 Å². The first-order valence-corrected chi connectivity index (χ1v) is 9.91. The lowest BCUT2D eigenvalue weighted by atomic mass is 10.0. The topological polar surface area (TPSA) is 106 Å². The van der Waals surface area contributed by atoms with E-state index in [4.69, 9.17) is 0 Å². The van der Waals surface area contributed by atoms with Gasteiger partial charge in [0.1, 0.15) is 12.1 Å². The molecule has 0 unspecified atom stereocenters. The number of hydrogen-bond donors (Lipinski definition) is 1. The van der Waals surface area contributed by atoms with Crippen LogP contribution in [0.2, 0.25) is 0 Å². The van der Waals surface area contributed by atoms with Crippen molar-refractivity contribution in [3.8, 4) is 11.4 Å². The van der Waals surface area contributed by atoms with Crippen molar-refractivity contribution >= 4 is 11.6 Å². The summed E-state index contributed by atoms with van der Waals surface area (Å²) in [7, 11) is 0. The van der Waals surface area contributed by atoms with Crippen molar-refractivity contribution in [1.29, 1.82) is 0 Å². The highest BCUT2D eigenvalue weighted by atomic mass is 19.1. The average Bonchev–Trinajstić information content (AvgIpc) is 3.24. The molecule has 1 fully saturated rings. The second-order valence-electron chi connectivity index (χ2n) is 7.43. The third-order valence-electron chi connectivity index (χ3n) is 5.25. The van der Waals surface area contributed by atoms with Crippen LogP contribution in [0.1, 0.15) is 23.2 Å². The molecule has 0 spiro atoms. The largest absolute Gasteiger partial charge is 0.349 e. The SMILES string of the molecule is O=C(NC1CCN(Cn2cnc(-c3ccc([N+](=O)[O-])cc3)n2)CC1)c1ccc(F)cc1. The van der Waals surface area contributed by atoms with Gasteiger partial charge in [0.15, 0.2) is 5.82 Å². The standard InChI is InChI=1S/C21H21FN6O3/c22-17-5-1-16(2-6-17)21(29)24-18-9-11-26(12-10-18)14-27-13-23-20(25-27)15-3-7-19(8-4-15)28(30)31/h1-8,13,18H,9-12,14H2,(H,24,29). The number of nitro groups is 1. The number of non-ortho nitro benzene ring substituents is 1. The molecule has 10 heteroatoms. The van der Waals surface area contributed by atoms with E-state index in [1.54, 1.807) is 23.1 Å². The van der Waals surface area contributed by atoms with Crippen LogP contribution in [0, 0.1) is 15.9 Å². The molecule has 0 radical (unpaired) electrons. The number of carbonyl (C=O) groups excluding carboxylic acids is 1. The van der Waals surface area contributed by atoms with Gasteiger partial charge >= 0.3 is 0 Å². The van der Waals surface area contributed by atoms with Crippen molar-refractivity contribution in [3.63, 3.8) is 0 Å². The van der Waals surface area contributed by atoms with Crippen LogP contribution in [0.4, 0.5) is 10.1 Å². The van der Waals surface area contributed by atoms with Gasteiger partial charge in [0.05, 0.1) is 11.6 Å². The zero-order valence-electron chi connectivity index (χ0n) is 16.6. The predicted molar refractivity (Wildman–Crippen MR) is 111 cm³/mol. The Kier molecular flexibility index (Phi) is 5.99. The minimum Gasteiger partial charge on any atom is -0.349 e. The Balaban J connectivity index is 1.28. The molecule has 31 heavy (non-hydrogen) atoms. The van der Waals surface area contributed by atoms with Crippen molar-refractivity contribution in [2.75, 3.05) is 13.1 Å². The maximum Gasteiger partial charge on any atom is 0.269 e. The van der Waals surface area contributed by atoms with E-state index in [-0.39, 0.29) is 23.5 Å². The van der Waals surface area contributed by atoms with Gasteiger partial charge in [-0.15, -0.1) is 5.10 Å². The van der Waals surface area contributed by atoms with Crippen LogP contribution in [0.5, 0.6) is 0 Å². The summed E-state index contributed by atoms with van der Waals surface area (Å²) in [6.45, 7) is 2.15. The van der Waals surface area contributed by atoms with Gasteiger partial charge in [-0.1, -0.05) is 0 Å². The summed E-state index contributed by atoms with van der Waals surface area (Å²) in [6, 6.07) is 11.7. The van der Waals surface area contributed by atoms with E-state index >= 15 is 0 Å². The number of piperidine rings is 1. The molecule has 0 bridgehead atoms. The molecule has 160 valence electrons. The van der Waals surface area contributed by atoms with E-state index in [1.807, 2.05) is 0 Å². The second kappa shape index (κ2) is 9.00. The smallest absolute Gasteiger partial charge is 0.269 e. The molecule has 1 amide bonds. The third kappa shape index (κ3) is 5.10. The predicted octanol–water partition coefficient (Wildman–Crippen LogP) is 2.84. The zero-order chi connectivity index (χ0) is 21.8. The van der Waals surface area contributed by atoms with Gasteiger partial charge in [-0.05, 0) is 49.2 Å². The Morgan fingerprint density at radius 1 is 1.13 bits per heavy atom. The number of benzene rings is 2. The Bertz CT molecular complexity index is 1060. The maximum absolute atomic E-state index is 13.0. The first-order valence-electron chi connectivity index (χ1n) is 9.91. The third-order valence-corrected chi connectivity index (χ3v) is 5.25. The van der Waals surface area contributed by atoms with Crippen molar-refractivity contribution in [1.82, 2.24) is 25.0 Å². The number of nitro benzene ring substituents is 1. The Morgan fingerprint density at radius 3 is 2.45 bits per heavy atom. The minimum absolute atomic E-state index is 0.0255. The highest BCUT2D eigenvalue weighted by molar-refractivity contribution is 5.94. The zero-order valence-corrected chi connectivity index (χ0v) is 16.6. The number of hydrogen-bond acceptors (Lipinski definition) is 6. The normalized spacial score (nSPS) is 15.0. The number of nitrogens with zero attached hydrogens (tertiary/aromatic N) is 5. The molecule has 9 nitrogen and oxygen atoms in total. The summed E-state index contributed by atoms with van der Waals surface area (Å²) in [6.07, 6.45) is 3.24. The number of likely N-dealkylation sites (tertiary alicyclic amines) is 1. The molecular formula is C21H21FN6O3. The maximum atomic E-state index is 13.0. The summed E-state index contributed by atoms with van der Waals surface area (Å²) >= 11 is 0. The fraction of sp³-hybridized carbons (Fsp3) is 0.286. The van der Waals surface area contributed by atoms with E-state index in [9.17, 15) is 19.3 Å². The summed E-state index contributed by atoms with van der Waals surface area (Å²) in [5, 5.41) is 18.2. The van der Waals surface area contributed by atoms with Crippen molar-refractivity contribution in [2.45, 2.75) is 25.6 Å². The van der Waals surface area contributed by atoms with E-state index in [0.717, 1.165) is 25.9 Å². The first-order chi connectivity index (χ1) is 15.0. The van der Waals surface area contributed by atoms with Gasteiger partial charge in [-0.2, -0.15) is 0 Å². The molecule has 3 aromatic rings. The molecule has 4 rings (SSSR count). The van der Waals surface area contributed by atoms with Gasteiger partial charge in [-0.25, -0.2) is 14.1 Å². The number of rotatable bonds is 6. The van der Waals surface area contributed by atoms with Crippen molar-refractivity contribution in [3.05, 3.63) is 76.4 Å². The monoisotopic (exact) mass is 424 g/mol. The van der Waals surface area contributed by atoms with Crippen LogP contribution in [-0.4, -0.2) is 49.6 Å². The van der Waals surface area contributed by atoms with Crippen LogP contribution >= 0.6 is 0 Å². The lowest BCUT2D eigenvalue weighted by Gasteiger charge is -2.32. The quantitative estimate of drug-likeness (QED) is 0.482. The molecule has 2 aromatic carbocycles. The molecule has 1 aliphatic rings. The van der Waals surface area contributed by atoms with Crippen LogP contribution in [0.3, 0.4) is 0 Å². The summed E-state index contributed by atoms with van der Waals surface area (Å²) in [5.74, 6) is -0.0477.